The molecular formula is C32H42N4O5. The number of likely N-dealkylation sites (N-methyl/N-ethyl adjacent to an activating group) is 1. The maximum Gasteiger partial charge on any atom is 0.407 e. The first kappa shape index (κ1) is 26.7. The summed E-state index contributed by atoms with van der Waals surface area (Å²) in [5.74, 6) is 2.15. The molecule has 4 heterocycles. The average molecular weight is 563 g/mol. The SMILES string of the molecule is COc1ccc2c3c1O[C@H]1c4[nH]c(C(=O)N5CCC(NC(=O)OC(C)(C)C)CC5)c(C)c4C[C@H]4[C@@H](C2)N(C)CCC314. The lowest BCUT2D eigenvalue weighted by molar-refractivity contribution is -0.0256. The molecule has 2 fully saturated rings. The van der Waals surface area contributed by atoms with E-state index in [9.17, 15) is 9.59 Å². The van der Waals surface area contributed by atoms with Gasteiger partial charge in [-0.3, -0.25) is 4.79 Å². The number of H-pyrrole nitrogens is 1. The van der Waals surface area contributed by atoms with E-state index in [4.69, 9.17) is 14.2 Å². The van der Waals surface area contributed by atoms with Crippen molar-refractivity contribution in [2.24, 2.45) is 5.92 Å². The van der Waals surface area contributed by atoms with E-state index in [2.05, 4.69) is 41.3 Å². The molecule has 220 valence electrons. The Morgan fingerprint density at radius 3 is 2.61 bits per heavy atom. The van der Waals surface area contributed by atoms with Gasteiger partial charge in [-0.2, -0.15) is 0 Å². The van der Waals surface area contributed by atoms with Crippen molar-refractivity contribution >= 4 is 12.0 Å². The number of nitrogens with one attached hydrogen (secondary N) is 2. The van der Waals surface area contributed by atoms with Crippen LogP contribution >= 0.6 is 0 Å². The highest BCUT2D eigenvalue weighted by Gasteiger charge is 2.65. The van der Waals surface area contributed by atoms with Crippen LogP contribution < -0.4 is 14.8 Å². The highest BCUT2D eigenvalue weighted by atomic mass is 16.6. The second kappa shape index (κ2) is 9.15. The van der Waals surface area contributed by atoms with E-state index in [1.807, 2.05) is 25.7 Å². The molecule has 5 aliphatic rings. The van der Waals surface area contributed by atoms with E-state index in [1.165, 1.54) is 16.7 Å². The predicted octanol–water partition coefficient (Wildman–Crippen LogP) is 4.27. The molecule has 2 bridgehead atoms. The van der Waals surface area contributed by atoms with Crippen molar-refractivity contribution in [3.8, 4) is 11.5 Å². The number of ether oxygens (including phenoxy) is 3. The smallest absolute Gasteiger partial charge is 0.407 e. The van der Waals surface area contributed by atoms with Gasteiger partial charge in [0.1, 0.15) is 17.4 Å². The first-order valence-corrected chi connectivity index (χ1v) is 15.1. The van der Waals surface area contributed by atoms with Crippen LogP contribution in [-0.4, -0.2) is 78.3 Å². The number of carbonyl (C=O) groups excluding carboxylic acids is 2. The second-order valence-electron chi connectivity index (χ2n) is 13.7. The molecule has 2 N–H and O–H groups in total. The first-order valence-electron chi connectivity index (χ1n) is 15.1. The number of aromatic nitrogens is 1. The summed E-state index contributed by atoms with van der Waals surface area (Å²) in [6.45, 7) is 9.88. The number of carbonyl (C=O) groups is 2. The number of piperidine rings is 2. The molecule has 1 unspecified atom stereocenters. The third-order valence-corrected chi connectivity index (χ3v) is 10.4. The van der Waals surface area contributed by atoms with Crippen LogP contribution in [0.25, 0.3) is 0 Å². The number of methoxy groups -OCH3 is 1. The van der Waals surface area contributed by atoms with Crippen LogP contribution in [0.4, 0.5) is 4.79 Å². The van der Waals surface area contributed by atoms with Crippen LogP contribution in [-0.2, 0) is 23.0 Å². The molecule has 4 atom stereocenters. The summed E-state index contributed by atoms with van der Waals surface area (Å²) < 4.78 is 18.1. The Hall–Kier alpha value is -3.20. The first-order chi connectivity index (χ1) is 19.5. The topological polar surface area (TPSA) is 96.1 Å². The van der Waals surface area contributed by atoms with E-state index in [-0.39, 0.29) is 23.5 Å². The van der Waals surface area contributed by atoms with Gasteiger partial charge in [0, 0.05) is 36.2 Å². The van der Waals surface area contributed by atoms with Gasteiger partial charge in [-0.25, -0.2) is 4.79 Å². The van der Waals surface area contributed by atoms with Gasteiger partial charge in [-0.15, -0.1) is 0 Å². The lowest BCUT2D eigenvalue weighted by Gasteiger charge is -2.57. The molecule has 1 aromatic carbocycles. The molecule has 1 spiro atoms. The number of hydrogen-bond acceptors (Lipinski definition) is 6. The monoisotopic (exact) mass is 562 g/mol. The molecule has 9 nitrogen and oxygen atoms in total. The number of hydrogen-bond donors (Lipinski definition) is 2. The number of aromatic amines is 1. The van der Waals surface area contributed by atoms with Gasteiger partial charge in [0.05, 0.1) is 12.8 Å². The van der Waals surface area contributed by atoms with Crippen LogP contribution in [0.1, 0.15) is 84.6 Å². The fourth-order valence-electron chi connectivity index (χ4n) is 8.51. The molecule has 0 radical (unpaired) electrons. The molecule has 41 heavy (non-hydrogen) atoms. The lowest BCUT2D eigenvalue weighted by Crippen LogP contribution is -2.62. The van der Waals surface area contributed by atoms with E-state index in [0.29, 0.717) is 43.6 Å². The fourth-order valence-corrected chi connectivity index (χ4v) is 8.51. The Labute approximate surface area is 241 Å². The van der Waals surface area contributed by atoms with E-state index >= 15 is 0 Å². The Bertz CT molecular complexity index is 1420. The van der Waals surface area contributed by atoms with E-state index in [0.717, 1.165) is 48.6 Å². The molecular weight excluding hydrogens is 520 g/mol. The molecule has 2 aromatic rings. The van der Waals surface area contributed by atoms with E-state index in [1.54, 1.807) is 7.11 Å². The van der Waals surface area contributed by atoms with Crippen LogP contribution in [0.15, 0.2) is 12.1 Å². The standard InChI is InChI=1S/C32H42N4O5/c1-17-20-16-21-22-15-18-7-8-23(39-6)27-24(18)32(21,11-14-35(22)5)28(40-27)26(20)34-25(17)29(37)36-12-9-19(10-13-36)33-30(38)41-31(2,3)4/h7-8,19,21-22,28,34H,9-16H2,1-6H3,(H,33,38)/t21-,22+,28-,32?/m0/s1. The van der Waals surface area contributed by atoms with Crippen LogP contribution in [0.5, 0.6) is 11.5 Å². The zero-order chi connectivity index (χ0) is 28.8. The van der Waals surface area contributed by atoms with Gasteiger partial charge in [0.15, 0.2) is 11.5 Å². The molecule has 9 heteroatoms. The maximum absolute atomic E-state index is 13.9. The van der Waals surface area contributed by atoms with Crippen molar-refractivity contribution < 1.29 is 23.8 Å². The largest absolute Gasteiger partial charge is 0.493 e. The third kappa shape index (κ3) is 3.91. The number of fused-ring (bicyclic) bond motifs is 2. The van der Waals surface area contributed by atoms with Crippen LogP contribution in [0, 0.1) is 12.8 Å². The normalized spacial score (nSPS) is 28.4. The molecule has 2 aliphatic carbocycles. The summed E-state index contributed by atoms with van der Waals surface area (Å²) in [7, 11) is 3.97. The summed E-state index contributed by atoms with van der Waals surface area (Å²) in [5.41, 5.74) is 6.13. The molecule has 0 saturated carbocycles. The third-order valence-electron chi connectivity index (χ3n) is 10.4. The second-order valence-corrected chi connectivity index (χ2v) is 13.7. The summed E-state index contributed by atoms with van der Waals surface area (Å²) in [5, 5.41) is 2.97. The van der Waals surface area contributed by atoms with Crippen molar-refractivity contribution in [1.82, 2.24) is 20.1 Å². The Balaban J connectivity index is 1.17. The van der Waals surface area contributed by atoms with Crippen molar-refractivity contribution in [2.45, 2.75) is 89.0 Å². The number of alkyl carbamates (subject to hydrolysis) is 1. The van der Waals surface area contributed by atoms with Crippen LogP contribution in [0.3, 0.4) is 0 Å². The van der Waals surface area contributed by atoms with Crippen LogP contribution in [0.2, 0.25) is 0 Å². The molecule has 7 rings (SSSR count). The fraction of sp³-hybridized carbons (Fsp3) is 0.625. The van der Waals surface area contributed by atoms with Gasteiger partial charge in [-0.1, -0.05) is 6.07 Å². The summed E-state index contributed by atoms with van der Waals surface area (Å²) in [6.07, 6.45) is 3.84. The number of rotatable bonds is 3. The highest BCUT2D eigenvalue weighted by molar-refractivity contribution is 5.95. The summed E-state index contributed by atoms with van der Waals surface area (Å²) >= 11 is 0. The lowest BCUT2D eigenvalue weighted by atomic mass is 9.51. The van der Waals surface area contributed by atoms with Crippen molar-refractivity contribution in [3.05, 3.63) is 45.8 Å². The minimum absolute atomic E-state index is 0.0000668. The maximum atomic E-state index is 13.9. The molecule has 2 amide bonds. The number of nitrogens with zero attached hydrogens (tertiary/aromatic N) is 2. The van der Waals surface area contributed by atoms with Gasteiger partial charge in [-0.05, 0) is 102 Å². The molecule has 3 aliphatic heterocycles. The minimum Gasteiger partial charge on any atom is -0.493 e. The van der Waals surface area contributed by atoms with E-state index < -0.39 is 11.7 Å². The summed E-state index contributed by atoms with van der Waals surface area (Å²) in [4.78, 5) is 34.2. The van der Waals surface area contributed by atoms with Gasteiger partial charge in [0.25, 0.3) is 5.91 Å². The van der Waals surface area contributed by atoms with Crippen molar-refractivity contribution in [1.29, 1.82) is 0 Å². The number of likely N-dealkylation sites (tertiary alicyclic amines) is 2. The van der Waals surface area contributed by atoms with Crippen molar-refractivity contribution in [2.75, 3.05) is 33.8 Å². The van der Waals surface area contributed by atoms with Crippen molar-refractivity contribution in [3.63, 3.8) is 0 Å². The summed E-state index contributed by atoms with van der Waals surface area (Å²) in [6, 6.07) is 4.73. The quantitative estimate of drug-likeness (QED) is 0.580. The number of benzene rings is 1. The van der Waals surface area contributed by atoms with Gasteiger partial charge in [0.2, 0.25) is 0 Å². The minimum atomic E-state index is -0.535. The Kier molecular flexibility index (Phi) is 5.95. The molecule has 1 aromatic heterocycles. The molecule has 2 saturated heterocycles. The Morgan fingerprint density at radius 1 is 1.15 bits per heavy atom. The highest BCUT2D eigenvalue weighted by Crippen LogP contribution is 2.67. The van der Waals surface area contributed by atoms with Gasteiger partial charge < -0.3 is 34.3 Å². The zero-order valence-corrected chi connectivity index (χ0v) is 25.1. The Morgan fingerprint density at radius 2 is 1.90 bits per heavy atom. The van der Waals surface area contributed by atoms with Gasteiger partial charge >= 0.3 is 6.09 Å². The predicted molar refractivity (Wildman–Crippen MR) is 154 cm³/mol. The zero-order valence-electron chi connectivity index (χ0n) is 25.1. The average Bonchev–Trinajstić information content (AvgIpc) is 3.44. The number of amides is 2.